The molecule has 0 aliphatic rings. The molecule has 0 radical (unpaired) electrons. The fourth-order valence-corrected chi connectivity index (χ4v) is 2.75. The number of carbonyl (C=O) groups is 1. The van der Waals surface area contributed by atoms with Gasteiger partial charge < -0.3 is 5.11 Å². The van der Waals surface area contributed by atoms with Crippen LogP contribution in [0.2, 0.25) is 0 Å². The van der Waals surface area contributed by atoms with E-state index in [2.05, 4.69) is 20.8 Å². The van der Waals surface area contributed by atoms with Gasteiger partial charge >= 0.3 is 10.8 Å². The zero-order valence-electron chi connectivity index (χ0n) is 11.7. The molecule has 20 heavy (non-hydrogen) atoms. The Morgan fingerprint density at radius 2 is 1.85 bits per heavy atom. The summed E-state index contributed by atoms with van der Waals surface area (Å²) in [6, 6.07) is 7.89. The smallest absolute Gasteiger partial charge is 0.323 e. The van der Waals surface area contributed by atoms with Crippen LogP contribution in [-0.4, -0.2) is 15.6 Å². The molecule has 2 aromatic rings. The standard InChI is InChI=1S/C15H17NO3S/c1-15(2,3)11-6-4-10(5-7-11)12-9-20-14(19)16(12)8-13(17)18/h4-7,9H,8H2,1-3H3,(H,17,18). The number of hydrogen-bond acceptors (Lipinski definition) is 3. The Hall–Kier alpha value is -1.88. The van der Waals surface area contributed by atoms with Gasteiger partial charge in [0.2, 0.25) is 0 Å². The maximum Gasteiger partial charge on any atom is 0.323 e. The number of hydrogen-bond donors (Lipinski definition) is 1. The van der Waals surface area contributed by atoms with E-state index >= 15 is 0 Å². The predicted molar refractivity (Wildman–Crippen MR) is 80.4 cm³/mol. The van der Waals surface area contributed by atoms with Crippen molar-refractivity contribution in [2.75, 3.05) is 0 Å². The Balaban J connectivity index is 2.42. The summed E-state index contributed by atoms with van der Waals surface area (Å²) in [6.07, 6.45) is 0. The van der Waals surface area contributed by atoms with Crippen molar-refractivity contribution in [2.45, 2.75) is 32.7 Å². The second-order valence-corrected chi connectivity index (χ2v) is 6.51. The molecule has 0 spiro atoms. The van der Waals surface area contributed by atoms with Crippen molar-refractivity contribution in [3.63, 3.8) is 0 Å². The molecule has 1 aromatic heterocycles. The van der Waals surface area contributed by atoms with Crippen LogP contribution in [0.15, 0.2) is 34.4 Å². The lowest BCUT2D eigenvalue weighted by Crippen LogP contribution is -2.19. The van der Waals surface area contributed by atoms with Gasteiger partial charge in [0, 0.05) is 5.38 Å². The summed E-state index contributed by atoms with van der Waals surface area (Å²) in [5.74, 6) is -1.02. The highest BCUT2D eigenvalue weighted by Crippen LogP contribution is 2.26. The number of nitrogens with zero attached hydrogens (tertiary/aromatic N) is 1. The Labute approximate surface area is 121 Å². The van der Waals surface area contributed by atoms with Crippen LogP contribution in [0.3, 0.4) is 0 Å². The summed E-state index contributed by atoms with van der Waals surface area (Å²) in [5, 5.41) is 10.6. The quantitative estimate of drug-likeness (QED) is 0.945. The lowest BCUT2D eigenvalue weighted by molar-refractivity contribution is -0.137. The van der Waals surface area contributed by atoms with Crippen LogP contribution in [-0.2, 0) is 16.8 Å². The van der Waals surface area contributed by atoms with Gasteiger partial charge in [-0.2, -0.15) is 0 Å². The average Bonchev–Trinajstić information content (AvgIpc) is 2.70. The Morgan fingerprint density at radius 3 is 2.35 bits per heavy atom. The lowest BCUT2D eigenvalue weighted by Gasteiger charge is -2.19. The minimum absolute atomic E-state index is 0.0634. The minimum atomic E-state index is -1.02. The predicted octanol–water partition coefficient (Wildman–Crippen LogP) is 2.96. The molecule has 5 heteroatoms. The van der Waals surface area contributed by atoms with Gasteiger partial charge in [0.05, 0.1) is 5.69 Å². The molecule has 0 saturated heterocycles. The van der Waals surface area contributed by atoms with Crippen LogP contribution in [0.1, 0.15) is 26.3 Å². The van der Waals surface area contributed by atoms with E-state index in [0.29, 0.717) is 5.69 Å². The lowest BCUT2D eigenvalue weighted by atomic mass is 9.86. The highest BCUT2D eigenvalue weighted by molar-refractivity contribution is 7.07. The van der Waals surface area contributed by atoms with Gasteiger partial charge in [-0.25, -0.2) is 0 Å². The van der Waals surface area contributed by atoms with E-state index in [1.54, 1.807) is 5.38 Å². The van der Waals surface area contributed by atoms with E-state index in [4.69, 9.17) is 5.11 Å². The summed E-state index contributed by atoms with van der Waals surface area (Å²) in [5.41, 5.74) is 2.78. The van der Waals surface area contributed by atoms with Gasteiger partial charge in [-0.3, -0.25) is 14.2 Å². The van der Waals surface area contributed by atoms with Gasteiger partial charge in [-0.1, -0.05) is 56.4 Å². The SMILES string of the molecule is CC(C)(C)c1ccc(-c2csc(=O)n2CC(=O)O)cc1. The Bertz CT molecular complexity index is 674. The molecule has 106 valence electrons. The zero-order chi connectivity index (χ0) is 14.9. The molecular formula is C15H17NO3S. The van der Waals surface area contributed by atoms with E-state index < -0.39 is 5.97 Å². The third-order valence-corrected chi connectivity index (χ3v) is 3.89. The first kappa shape index (κ1) is 14.5. The highest BCUT2D eigenvalue weighted by atomic mass is 32.1. The van der Waals surface area contributed by atoms with Crippen molar-refractivity contribution in [2.24, 2.45) is 0 Å². The molecule has 1 N–H and O–H groups in total. The van der Waals surface area contributed by atoms with Crippen LogP contribution >= 0.6 is 11.3 Å². The first-order valence-electron chi connectivity index (χ1n) is 6.30. The Morgan fingerprint density at radius 1 is 1.25 bits per heavy atom. The topological polar surface area (TPSA) is 59.3 Å². The maximum absolute atomic E-state index is 11.7. The van der Waals surface area contributed by atoms with E-state index in [0.717, 1.165) is 16.9 Å². The largest absolute Gasteiger partial charge is 0.480 e. The molecule has 1 aromatic carbocycles. The summed E-state index contributed by atoms with van der Waals surface area (Å²) < 4.78 is 1.29. The molecule has 0 unspecified atom stereocenters. The van der Waals surface area contributed by atoms with E-state index in [9.17, 15) is 9.59 Å². The molecule has 0 aliphatic carbocycles. The van der Waals surface area contributed by atoms with Crippen molar-refractivity contribution >= 4 is 17.3 Å². The first-order valence-corrected chi connectivity index (χ1v) is 7.18. The Kier molecular flexibility index (Phi) is 3.81. The van der Waals surface area contributed by atoms with Crippen molar-refractivity contribution < 1.29 is 9.90 Å². The molecule has 0 saturated carbocycles. The minimum Gasteiger partial charge on any atom is -0.480 e. The number of carboxylic acid groups (broad SMARTS) is 1. The molecule has 4 nitrogen and oxygen atoms in total. The number of thiazole rings is 1. The van der Waals surface area contributed by atoms with Gasteiger partial charge in [0.1, 0.15) is 6.54 Å². The normalized spacial score (nSPS) is 11.6. The molecule has 0 amide bonds. The van der Waals surface area contributed by atoms with Crippen molar-refractivity contribution in [1.82, 2.24) is 4.57 Å². The van der Waals surface area contributed by atoms with Gasteiger partial charge in [0.25, 0.3) is 0 Å². The zero-order valence-corrected chi connectivity index (χ0v) is 12.5. The van der Waals surface area contributed by atoms with E-state index in [-0.39, 0.29) is 16.8 Å². The fraction of sp³-hybridized carbons (Fsp3) is 0.333. The van der Waals surface area contributed by atoms with E-state index in [1.807, 2.05) is 24.3 Å². The molecule has 1 heterocycles. The summed E-state index contributed by atoms with van der Waals surface area (Å²) in [4.78, 5) is 22.3. The monoisotopic (exact) mass is 291 g/mol. The number of rotatable bonds is 3. The second-order valence-electron chi connectivity index (χ2n) is 5.69. The summed E-state index contributed by atoms with van der Waals surface area (Å²) in [6.45, 7) is 6.09. The maximum atomic E-state index is 11.7. The molecule has 0 bridgehead atoms. The van der Waals surface area contributed by atoms with Crippen LogP contribution in [0, 0.1) is 0 Å². The highest BCUT2D eigenvalue weighted by Gasteiger charge is 2.15. The number of benzene rings is 1. The van der Waals surface area contributed by atoms with Crippen molar-refractivity contribution in [1.29, 1.82) is 0 Å². The molecule has 0 atom stereocenters. The van der Waals surface area contributed by atoms with Crippen LogP contribution in [0.4, 0.5) is 0 Å². The third-order valence-electron chi connectivity index (χ3n) is 3.12. The van der Waals surface area contributed by atoms with Crippen molar-refractivity contribution in [3.8, 4) is 11.3 Å². The number of aliphatic carboxylic acids is 1. The van der Waals surface area contributed by atoms with Gasteiger partial charge in [-0.05, 0) is 16.5 Å². The molecular weight excluding hydrogens is 274 g/mol. The summed E-state index contributed by atoms with van der Waals surface area (Å²) in [7, 11) is 0. The fourth-order valence-electron chi connectivity index (χ4n) is 1.98. The van der Waals surface area contributed by atoms with Gasteiger partial charge in [0.15, 0.2) is 0 Å². The average molecular weight is 291 g/mol. The molecule has 2 rings (SSSR count). The van der Waals surface area contributed by atoms with Gasteiger partial charge in [-0.15, -0.1) is 0 Å². The number of carboxylic acids is 1. The number of aromatic nitrogens is 1. The molecule has 0 aliphatic heterocycles. The summed E-state index contributed by atoms with van der Waals surface area (Å²) >= 11 is 1.02. The third kappa shape index (κ3) is 2.99. The van der Waals surface area contributed by atoms with E-state index in [1.165, 1.54) is 10.1 Å². The van der Waals surface area contributed by atoms with Crippen LogP contribution < -0.4 is 4.87 Å². The van der Waals surface area contributed by atoms with Crippen LogP contribution in [0.5, 0.6) is 0 Å². The van der Waals surface area contributed by atoms with Crippen LogP contribution in [0.25, 0.3) is 11.3 Å². The first-order chi connectivity index (χ1) is 9.29. The molecule has 0 fully saturated rings. The second kappa shape index (κ2) is 5.25. The van der Waals surface area contributed by atoms with Crippen molar-refractivity contribution in [3.05, 3.63) is 44.9 Å².